The van der Waals surface area contributed by atoms with E-state index < -0.39 is 0 Å². The first-order valence-corrected chi connectivity index (χ1v) is 7.35. The molecule has 1 saturated heterocycles. The summed E-state index contributed by atoms with van der Waals surface area (Å²) in [6.45, 7) is 2.45. The molecule has 0 aromatic heterocycles. The third-order valence-electron chi connectivity index (χ3n) is 4.45. The zero-order valence-electron chi connectivity index (χ0n) is 11.4. The molecule has 1 heterocycles. The first kappa shape index (κ1) is 12.2. The van der Waals surface area contributed by atoms with Crippen molar-refractivity contribution in [1.29, 1.82) is 0 Å². The highest BCUT2D eigenvalue weighted by Gasteiger charge is 2.25. The van der Waals surface area contributed by atoms with Gasteiger partial charge in [-0.1, -0.05) is 30.7 Å². The molecule has 1 aliphatic carbocycles. The van der Waals surface area contributed by atoms with Crippen molar-refractivity contribution in [3.8, 4) is 0 Å². The fourth-order valence-electron chi connectivity index (χ4n) is 3.45. The summed E-state index contributed by atoms with van der Waals surface area (Å²) >= 11 is 0. The van der Waals surface area contributed by atoms with Gasteiger partial charge in [-0.2, -0.15) is 0 Å². The second kappa shape index (κ2) is 5.41. The first-order chi connectivity index (χ1) is 8.83. The van der Waals surface area contributed by atoms with E-state index in [0.717, 1.165) is 0 Å². The lowest BCUT2D eigenvalue weighted by Crippen LogP contribution is -2.34. The molecular weight excluding hydrogens is 220 g/mol. The predicted octanol–water partition coefficient (Wildman–Crippen LogP) is 2.75. The molecule has 3 rings (SSSR count). The van der Waals surface area contributed by atoms with E-state index in [1.54, 1.807) is 11.1 Å². The molecule has 0 bridgehead atoms. The van der Waals surface area contributed by atoms with Gasteiger partial charge in [0, 0.05) is 18.6 Å². The van der Waals surface area contributed by atoms with E-state index in [0.29, 0.717) is 12.1 Å². The van der Waals surface area contributed by atoms with Gasteiger partial charge in [-0.3, -0.25) is 0 Å². The second-order valence-corrected chi connectivity index (χ2v) is 5.91. The van der Waals surface area contributed by atoms with Crippen LogP contribution in [-0.4, -0.2) is 31.1 Å². The van der Waals surface area contributed by atoms with E-state index in [4.69, 9.17) is 0 Å². The van der Waals surface area contributed by atoms with Crippen LogP contribution in [-0.2, 0) is 6.42 Å². The van der Waals surface area contributed by atoms with Crippen molar-refractivity contribution in [1.82, 2.24) is 10.2 Å². The Morgan fingerprint density at radius 3 is 2.89 bits per heavy atom. The first-order valence-electron chi connectivity index (χ1n) is 7.35. The fourth-order valence-corrected chi connectivity index (χ4v) is 3.45. The highest BCUT2D eigenvalue weighted by atomic mass is 15.2. The SMILES string of the molecule is CN1CCC(NC2CCCCc3ccccc32)C1. The van der Waals surface area contributed by atoms with Crippen LogP contribution < -0.4 is 5.32 Å². The quantitative estimate of drug-likeness (QED) is 0.805. The number of aryl methyl sites for hydroxylation is 1. The number of rotatable bonds is 2. The highest BCUT2D eigenvalue weighted by molar-refractivity contribution is 5.31. The van der Waals surface area contributed by atoms with Crippen LogP contribution in [0, 0.1) is 0 Å². The Hall–Kier alpha value is -0.860. The van der Waals surface area contributed by atoms with Crippen LogP contribution in [0.25, 0.3) is 0 Å². The summed E-state index contributed by atoms with van der Waals surface area (Å²) in [6.07, 6.45) is 6.57. The lowest BCUT2D eigenvalue weighted by molar-refractivity contribution is 0.374. The molecular formula is C16H24N2. The second-order valence-electron chi connectivity index (χ2n) is 5.91. The molecule has 1 aromatic rings. The molecule has 0 spiro atoms. The number of likely N-dealkylation sites (N-methyl/N-ethyl adjacent to an activating group) is 1. The summed E-state index contributed by atoms with van der Waals surface area (Å²) in [4.78, 5) is 2.43. The molecule has 2 aliphatic rings. The summed E-state index contributed by atoms with van der Waals surface area (Å²) in [5, 5.41) is 3.90. The van der Waals surface area contributed by atoms with Gasteiger partial charge >= 0.3 is 0 Å². The lowest BCUT2D eigenvalue weighted by atomic mass is 9.98. The van der Waals surface area contributed by atoms with Crippen molar-refractivity contribution in [3.63, 3.8) is 0 Å². The van der Waals surface area contributed by atoms with Crippen molar-refractivity contribution >= 4 is 0 Å². The van der Waals surface area contributed by atoms with Gasteiger partial charge in [0.05, 0.1) is 0 Å². The Morgan fingerprint density at radius 1 is 1.17 bits per heavy atom. The molecule has 1 fully saturated rings. The molecule has 1 aromatic carbocycles. The van der Waals surface area contributed by atoms with Gasteiger partial charge in [0.2, 0.25) is 0 Å². The topological polar surface area (TPSA) is 15.3 Å². The highest BCUT2D eigenvalue weighted by Crippen LogP contribution is 2.29. The third kappa shape index (κ3) is 2.60. The Kier molecular flexibility index (Phi) is 3.67. The van der Waals surface area contributed by atoms with Crippen molar-refractivity contribution < 1.29 is 0 Å². The van der Waals surface area contributed by atoms with E-state index in [1.807, 2.05) is 0 Å². The van der Waals surface area contributed by atoms with Crippen molar-refractivity contribution in [2.45, 2.75) is 44.2 Å². The van der Waals surface area contributed by atoms with Gasteiger partial charge in [0.25, 0.3) is 0 Å². The molecule has 1 aliphatic heterocycles. The Bertz CT molecular complexity index is 402. The molecule has 0 saturated carbocycles. The number of hydrogen-bond acceptors (Lipinski definition) is 2. The molecule has 18 heavy (non-hydrogen) atoms. The zero-order chi connectivity index (χ0) is 12.4. The minimum absolute atomic E-state index is 0.584. The maximum atomic E-state index is 3.90. The van der Waals surface area contributed by atoms with Gasteiger partial charge in [-0.15, -0.1) is 0 Å². The van der Waals surface area contributed by atoms with E-state index in [-0.39, 0.29) is 0 Å². The maximum absolute atomic E-state index is 3.90. The van der Waals surface area contributed by atoms with Crippen LogP contribution in [0.5, 0.6) is 0 Å². The predicted molar refractivity (Wildman–Crippen MR) is 75.8 cm³/mol. The summed E-state index contributed by atoms with van der Waals surface area (Å²) in [5.41, 5.74) is 3.13. The van der Waals surface area contributed by atoms with Crippen LogP contribution in [0.4, 0.5) is 0 Å². The minimum Gasteiger partial charge on any atom is -0.306 e. The number of likely N-dealkylation sites (tertiary alicyclic amines) is 1. The number of fused-ring (bicyclic) bond motifs is 1. The zero-order valence-corrected chi connectivity index (χ0v) is 11.4. The fraction of sp³-hybridized carbons (Fsp3) is 0.625. The molecule has 2 heteroatoms. The molecule has 0 amide bonds. The van der Waals surface area contributed by atoms with E-state index >= 15 is 0 Å². The monoisotopic (exact) mass is 244 g/mol. The average molecular weight is 244 g/mol. The number of benzene rings is 1. The smallest absolute Gasteiger partial charge is 0.0325 e. The van der Waals surface area contributed by atoms with Crippen molar-refractivity contribution in [2.75, 3.05) is 20.1 Å². The van der Waals surface area contributed by atoms with Gasteiger partial charge in [-0.05, 0) is 50.4 Å². The number of nitrogens with zero attached hydrogens (tertiary/aromatic N) is 1. The Labute approximate surface area is 110 Å². The lowest BCUT2D eigenvalue weighted by Gasteiger charge is -2.23. The van der Waals surface area contributed by atoms with Gasteiger partial charge < -0.3 is 10.2 Å². The number of hydrogen-bond donors (Lipinski definition) is 1. The van der Waals surface area contributed by atoms with Crippen LogP contribution in [0.1, 0.15) is 42.9 Å². The molecule has 2 unspecified atom stereocenters. The summed E-state index contributed by atoms with van der Waals surface area (Å²) in [5.74, 6) is 0. The number of nitrogens with one attached hydrogen (secondary N) is 1. The van der Waals surface area contributed by atoms with Crippen LogP contribution in [0.3, 0.4) is 0 Å². The van der Waals surface area contributed by atoms with Gasteiger partial charge in [-0.25, -0.2) is 0 Å². The standard InChI is InChI=1S/C16H24N2/c1-18-11-10-14(12-18)17-16-9-5-3-7-13-6-2-4-8-15(13)16/h2,4,6,8,14,16-17H,3,5,7,9-12H2,1H3. The van der Waals surface area contributed by atoms with Gasteiger partial charge in [0.15, 0.2) is 0 Å². The molecule has 2 atom stereocenters. The van der Waals surface area contributed by atoms with Crippen LogP contribution >= 0.6 is 0 Å². The Morgan fingerprint density at radius 2 is 2.06 bits per heavy atom. The maximum Gasteiger partial charge on any atom is 0.0325 e. The Balaban J connectivity index is 1.75. The summed E-state index contributed by atoms with van der Waals surface area (Å²) < 4.78 is 0. The van der Waals surface area contributed by atoms with Crippen molar-refractivity contribution in [2.24, 2.45) is 0 Å². The largest absolute Gasteiger partial charge is 0.306 e. The normalized spacial score (nSPS) is 28.9. The minimum atomic E-state index is 0.584. The van der Waals surface area contributed by atoms with Crippen LogP contribution in [0.2, 0.25) is 0 Å². The summed E-state index contributed by atoms with van der Waals surface area (Å²) in [6, 6.07) is 10.3. The molecule has 98 valence electrons. The molecule has 2 nitrogen and oxygen atoms in total. The van der Waals surface area contributed by atoms with E-state index in [1.165, 1.54) is 45.2 Å². The third-order valence-corrected chi connectivity index (χ3v) is 4.45. The van der Waals surface area contributed by atoms with Crippen LogP contribution in [0.15, 0.2) is 24.3 Å². The van der Waals surface area contributed by atoms with E-state index in [9.17, 15) is 0 Å². The molecule has 0 radical (unpaired) electrons. The average Bonchev–Trinajstić information content (AvgIpc) is 2.68. The summed E-state index contributed by atoms with van der Waals surface area (Å²) in [7, 11) is 2.22. The van der Waals surface area contributed by atoms with E-state index in [2.05, 4.69) is 41.5 Å². The van der Waals surface area contributed by atoms with Gasteiger partial charge in [0.1, 0.15) is 0 Å². The molecule has 1 N–H and O–H groups in total. The van der Waals surface area contributed by atoms with Crippen molar-refractivity contribution in [3.05, 3.63) is 35.4 Å².